The molecule has 0 spiro atoms. The number of anilines is 2. The van der Waals surface area contributed by atoms with Crippen LogP contribution >= 0.6 is 23.8 Å². The molecule has 0 unspecified atom stereocenters. The van der Waals surface area contributed by atoms with E-state index >= 15 is 0 Å². The number of pyridine rings is 2. The van der Waals surface area contributed by atoms with Gasteiger partial charge in [-0.2, -0.15) is 0 Å². The van der Waals surface area contributed by atoms with E-state index < -0.39 is 0 Å². The summed E-state index contributed by atoms with van der Waals surface area (Å²) < 4.78 is 2.36. The van der Waals surface area contributed by atoms with E-state index in [1.54, 1.807) is 0 Å². The van der Waals surface area contributed by atoms with Crippen molar-refractivity contribution < 1.29 is 0 Å². The van der Waals surface area contributed by atoms with Crippen molar-refractivity contribution in [1.29, 1.82) is 0 Å². The van der Waals surface area contributed by atoms with Crippen molar-refractivity contribution in [3.8, 4) is 0 Å². The van der Waals surface area contributed by atoms with E-state index in [1.165, 1.54) is 28.9 Å². The van der Waals surface area contributed by atoms with E-state index in [4.69, 9.17) is 28.8 Å². The number of hydrogen-bond donors (Lipinski definition) is 1. The Bertz CT molecular complexity index is 1530. The van der Waals surface area contributed by atoms with Crippen LogP contribution in [0.25, 0.3) is 0 Å². The fraction of sp³-hybridized carbons (Fsp3) is 0.364. The highest BCUT2D eigenvalue weighted by Crippen LogP contribution is 2.45. The Kier molecular flexibility index (Phi) is 7.75. The number of aryl methyl sites for hydroxylation is 1. The number of piperidine rings is 1. The fourth-order valence-electron chi connectivity index (χ4n) is 6.76. The molecule has 0 bridgehead atoms. The van der Waals surface area contributed by atoms with Gasteiger partial charge in [0.25, 0.3) is 0 Å². The molecule has 4 atom stereocenters. The molecule has 8 heteroatoms. The predicted octanol–water partition coefficient (Wildman–Crippen LogP) is 7.26. The number of nitrogens with one attached hydrogen (secondary N) is 1. The van der Waals surface area contributed by atoms with E-state index in [1.807, 2.05) is 36.8 Å². The van der Waals surface area contributed by atoms with Crippen LogP contribution in [-0.2, 0) is 6.54 Å². The third-order valence-corrected chi connectivity index (χ3v) is 9.13. The normalized spacial score (nSPS) is 22.7. The molecule has 41 heavy (non-hydrogen) atoms. The Hall–Kier alpha value is -3.42. The molecule has 0 radical (unpaired) electrons. The van der Waals surface area contributed by atoms with Gasteiger partial charge in [0, 0.05) is 55.3 Å². The van der Waals surface area contributed by atoms with Crippen molar-refractivity contribution in [3.05, 3.63) is 106 Å². The quantitative estimate of drug-likeness (QED) is 0.241. The monoisotopic (exact) mass is 584 g/mol. The van der Waals surface area contributed by atoms with E-state index in [-0.39, 0.29) is 12.1 Å². The Morgan fingerprint density at radius 2 is 1.80 bits per heavy atom. The molecule has 2 saturated heterocycles. The van der Waals surface area contributed by atoms with E-state index in [9.17, 15) is 0 Å². The van der Waals surface area contributed by atoms with E-state index in [0.717, 1.165) is 41.7 Å². The third-order valence-electron chi connectivity index (χ3n) is 8.51. The van der Waals surface area contributed by atoms with Crippen molar-refractivity contribution >= 4 is 40.3 Å². The average molecular weight is 585 g/mol. The van der Waals surface area contributed by atoms with Crippen LogP contribution in [-0.4, -0.2) is 32.7 Å². The molecule has 1 N–H and O–H groups in total. The highest BCUT2D eigenvalue weighted by atomic mass is 35.5. The molecule has 1 aromatic carbocycles. The maximum absolute atomic E-state index is 7.03. The minimum atomic E-state index is -0.113. The molecular weight excluding hydrogens is 548 g/mol. The van der Waals surface area contributed by atoms with Crippen LogP contribution in [0.5, 0.6) is 0 Å². The molecule has 212 valence electrons. The standard InChI is InChI=1S/C33H37ClN6S/c1-21-14-22(2)19-38(18-21)30-11-10-26(16-28(30)34)40-32(31(37-33(40)41)29-9-5-6-13-36-29)27-15-23(3)39(24(27)4)20-25-8-7-12-35-17-25/h5-13,15-17,21-22,31-32H,14,18-20H2,1-4H3,(H,37,41)/t21-,22+,31-,32+/m0/s1. The van der Waals surface area contributed by atoms with Crippen LogP contribution in [0.1, 0.15) is 60.6 Å². The van der Waals surface area contributed by atoms with Crippen LogP contribution in [0.2, 0.25) is 5.02 Å². The lowest BCUT2D eigenvalue weighted by Gasteiger charge is -2.37. The number of aromatic nitrogens is 3. The Balaban J connectivity index is 1.40. The summed E-state index contributed by atoms with van der Waals surface area (Å²) in [4.78, 5) is 13.7. The number of thiocarbonyl (C=S) groups is 1. The summed E-state index contributed by atoms with van der Waals surface area (Å²) in [7, 11) is 0. The average Bonchev–Trinajstić information content (AvgIpc) is 3.44. The first kappa shape index (κ1) is 27.7. The van der Waals surface area contributed by atoms with Gasteiger partial charge < -0.3 is 19.7 Å². The van der Waals surface area contributed by atoms with Gasteiger partial charge in [0.15, 0.2) is 5.11 Å². The number of rotatable bonds is 6. The van der Waals surface area contributed by atoms with Crippen LogP contribution < -0.4 is 15.1 Å². The molecule has 0 aliphatic carbocycles. The number of halogens is 1. The predicted molar refractivity (Wildman–Crippen MR) is 172 cm³/mol. The first-order valence-corrected chi connectivity index (χ1v) is 15.2. The van der Waals surface area contributed by atoms with Crippen LogP contribution in [0.15, 0.2) is 73.2 Å². The second-order valence-corrected chi connectivity index (χ2v) is 12.6. The van der Waals surface area contributed by atoms with Gasteiger partial charge in [-0.25, -0.2) is 0 Å². The van der Waals surface area contributed by atoms with Crippen molar-refractivity contribution in [1.82, 2.24) is 19.9 Å². The minimum Gasteiger partial charge on any atom is -0.370 e. The zero-order valence-electron chi connectivity index (χ0n) is 24.1. The maximum atomic E-state index is 7.03. The van der Waals surface area contributed by atoms with Gasteiger partial charge in [0.05, 0.1) is 28.5 Å². The molecule has 2 aliphatic rings. The number of nitrogens with zero attached hydrogens (tertiary/aromatic N) is 5. The summed E-state index contributed by atoms with van der Waals surface area (Å²) >= 11 is 13.0. The van der Waals surface area contributed by atoms with Crippen LogP contribution in [0.4, 0.5) is 11.4 Å². The van der Waals surface area contributed by atoms with Crippen molar-refractivity contribution in [2.75, 3.05) is 22.9 Å². The molecule has 3 aromatic heterocycles. The highest BCUT2D eigenvalue weighted by molar-refractivity contribution is 7.80. The molecular formula is C33H37ClN6S. The van der Waals surface area contributed by atoms with Gasteiger partial charge in [-0.3, -0.25) is 9.97 Å². The zero-order chi connectivity index (χ0) is 28.7. The van der Waals surface area contributed by atoms with Crippen molar-refractivity contribution in [2.45, 2.75) is 52.7 Å². The summed E-state index contributed by atoms with van der Waals surface area (Å²) in [5.41, 5.74) is 7.82. The first-order valence-electron chi connectivity index (χ1n) is 14.4. The second-order valence-electron chi connectivity index (χ2n) is 11.8. The molecule has 6 rings (SSSR count). The SMILES string of the molecule is Cc1cc([C@@H]2[C@H](c3ccccn3)NC(=S)N2c2ccc(N3C[C@H](C)C[C@H](C)C3)c(Cl)c2)c(C)n1Cc1cccnc1. The lowest BCUT2D eigenvalue weighted by Crippen LogP contribution is -2.38. The van der Waals surface area contributed by atoms with Gasteiger partial charge >= 0.3 is 0 Å². The van der Waals surface area contributed by atoms with Crippen molar-refractivity contribution in [3.63, 3.8) is 0 Å². The van der Waals surface area contributed by atoms with Crippen LogP contribution in [0, 0.1) is 25.7 Å². The highest BCUT2D eigenvalue weighted by Gasteiger charge is 2.42. The van der Waals surface area contributed by atoms with Crippen LogP contribution in [0.3, 0.4) is 0 Å². The maximum Gasteiger partial charge on any atom is 0.174 e. The third kappa shape index (κ3) is 5.45. The van der Waals surface area contributed by atoms with Crippen molar-refractivity contribution in [2.24, 2.45) is 11.8 Å². The molecule has 4 aromatic rings. The van der Waals surface area contributed by atoms with Gasteiger partial charge in [0.2, 0.25) is 0 Å². The molecule has 0 amide bonds. The molecule has 2 fully saturated rings. The van der Waals surface area contributed by atoms with Gasteiger partial charge in [-0.15, -0.1) is 0 Å². The first-order chi connectivity index (χ1) is 19.8. The summed E-state index contributed by atoms with van der Waals surface area (Å²) in [6.07, 6.45) is 6.85. The fourth-order valence-corrected chi connectivity index (χ4v) is 7.40. The Morgan fingerprint density at radius 1 is 1.00 bits per heavy atom. The lowest BCUT2D eigenvalue weighted by molar-refractivity contribution is 0.357. The molecule has 2 aliphatic heterocycles. The summed E-state index contributed by atoms with van der Waals surface area (Å²) in [6.45, 7) is 11.8. The Labute approximate surface area is 253 Å². The summed E-state index contributed by atoms with van der Waals surface area (Å²) in [5.74, 6) is 1.30. The van der Waals surface area contributed by atoms with Gasteiger partial charge in [-0.1, -0.05) is 37.6 Å². The molecule has 5 heterocycles. The Morgan fingerprint density at radius 3 is 2.49 bits per heavy atom. The largest absolute Gasteiger partial charge is 0.370 e. The van der Waals surface area contributed by atoms with E-state index in [0.29, 0.717) is 16.9 Å². The smallest absolute Gasteiger partial charge is 0.174 e. The van der Waals surface area contributed by atoms with Gasteiger partial charge in [-0.05, 0) is 97.9 Å². The topological polar surface area (TPSA) is 49.2 Å². The van der Waals surface area contributed by atoms with Gasteiger partial charge in [0.1, 0.15) is 0 Å². The zero-order valence-corrected chi connectivity index (χ0v) is 25.7. The molecule has 0 saturated carbocycles. The minimum absolute atomic E-state index is 0.0943. The second kappa shape index (κ2) is 11.5. The molecule has 6 nitrogen and oxygen atoms in total. The number of benzene rings is 1. The summed E-state index contributed by atoms with van der Waals surface area (Å²) in [5, 5.41) is 5.04. The number of hydrogen-bond acceptors (Lipinski definition) is 4. The van der Waals surface area contributed by atoms with E-state index in [2.05, 4.69) is 88.8 Å². The summed E-state index contributed by atoms with van der Waals surface area (Å²) in [6, 6.07) is 18.7. The lowest BCUT2D eigenvalue weighted by atomic mass is 9.91.